The first-order chi connectivity index (χ1) is 26.3. The van der Waals surface area contributed by atoms with Crippen LogP contribution in [0.2, 0.25) is 0 Å². The number of hydrogen-bond donors (Lipinski definition) is 3. The minimum absolute atomic E-state index is 0.0140. The number of unbranched alkanes of at least 4 members (excludes halogenated alkanes) is 1. The van der Waals surface area contributed by atoms with Crippen LogP contribution in [0.25, 0.3) is 5.69 Å². The molecule has 1 aromatic heterocycles. The number of aromatic nitrogens is 2. The molecule has 0 radical (unpaired) electrons. The van der Waals surface area contributed by atoms with Crippen LogP contribution in [0.3, 0.4) is 0 Å². The number of benzene rings is 2. The number of nitrogens with zero attached hydrogens (tertiary/aromatic N) is 5. The molecule has 288 valence electrons. The number of carbonyl (C=O) groups excluding carboxylic acids is 4. The highest BCUT2D eigenvalue weighted by Crippen LogP contribution is 2.24. The predicted molar refractivity (Wildman–Crippen MR) is 197 cm³/mol. The fourth-order valence-corrected chi connectivity index (χ4v) is 6.88. The predicted octanol–water partition coefficient (Wildman–Crippen LogP) is 3.22. The largest absolute Gasteiger partial charge is 0.467 e. The molecule has 3 aromatic rings. The summed E-state index contributed by atoms with van der Waals surface area (Å²) in [5, 5.41) is 19.8. The second-order valence-corrected chi connectivity index (χ2v) is 13.9. The van der Waals surface area contributed by atoms with Gasteiger partial charge in [0.2, 0.25) is 17.7 Å². The molecule has 3 N–H and O–H groups in total. The number of carbonyl (C=O) groups is 5. The monoisotopic (exact) mass is 743 g/mol. The van der Waals surface area contributed by atoms with E-state index in [1.807, 2.05) is 48.5 Å². The fraction of sp³-hybridized carbons (Fsp3) is 0.487. The molecule has 15 heteroatoms. The van der Waals surface area contributed by atoms with Crippen LogP contribution in [0.5, 0.6) is 5.88 Å². The van der Waals surface area contributed by atoms with Gasteiger partial charge in [-0.15, -0.1) is 0 Å². The van der Waals surface area contributed by atoms with E-state index < -0.39 is 24.1 Å². The van der Waals surface area contributed by atoms with Gasteiger partial charge in [0.25, 0.3) is 11.8 Å². The molecule has 3 aliphatic rings. The van der Waals surface area contributed by atoms with Crippen LogP contribution in [0.4, 0.5) is 4.79 Å². The average molecular weight is 744 g/mol. The summed E-state index contributed by atoms with van der Waals surface area (Å²) < 4.78 is 13.3. The summed E-state index contributed by atoms with van der Waals surface area (Å²) in [6, 6.07) is 19.0. The lowest BCUT2D eigenvalue weighted by atomic mass is 9.93. The van der Waals surface area contributed by atoms with Gasteiger partial charge < -0.3 is 39.9 Å². The van der Waals surface area contributed by atoms with Crippen LogP contribution in [0, 0.1) is 0 Å². The standard InChI is InChI=1S/C39H49N7O8/c47-34(45-19-10-18-33(45)37(49)40-29-13-9-14-29)27-54-35-25-32(42-46(35)30-15-5-2-6-16-30)36(48)41-31(38(50)43-20-22-44(23-21-43)39(51)52)17-7-8-24-53-26-28-11-3-1-4-12-28/h1-6,11-12,15-16,25,29,31,33H,7-10,13-14,17-24,26-27H2,(H,40,49)(H,41,48)(H,51,52)/t31-,33-/m0/s1. The van der Waals surface area contributed by atoms with E-state index in [2.05, 4.69) is 15.7 Å². The third-order valence-corrected chi connectivity index (χ3v) is 10.2. The Bertz CT molecular complexity index is 1740. The lowest BCUT2D eigenvalue weighted by molar-refractivity contribution is -0.140. The molecule has 6 rings (SSSR count). The third-order valence-electron chi connectivity index (χ3n) is 10.2. The van der Waals surface area contributed by atoms with Crippen LogP contribution in [0.1, 0.15) is 67.4 Å². The van der Waals surface area contributed by atoms with Crippen LogP contribution >= 0.6 is 0 Å². The van der Waals surface area contributed by atoms with E-state index in [4.69, 9.17) is 9.47 Å². The van der Waals surface area contributed by atoms with Gasteiger partial charge in [-0.2, -0.15) is 5.10 Å². The molecule has 2 aliphatic heterocycles. The van der Waals surface area contributed by atoms with E-state index in [0.29, 0.717) is 51.1 Å². The van der Waals surface area contributed by atoms with Gasteiger partial charge in [0.1, 0.15) is 12.1 Å². The van der Waals surface area contributed by atoms with Crippen molar-refractivity contribution in [2.45, 2.75) is 76.1 Å². The maximum atomic E-state index is 13.8. The van der Waals surface area contributed by atoms with Crippen molar-refractivity contribution >= 4 is 29.7 Å². The Morgan fingerprint density at radius 3 is 2.24 bits per heavy atom. The van der Waals surface area contributed by atoms with Gasteiger partial charge in [-0.25, -0.2) is 9.48 Å². The molecule has 2 atom stereocenters. The third kappa shape index (κ3) is 9.95. The Labute approximate surface area is 314 Å². The number of rotatable bonds is 16. The molecule has 0 unspecified atom stereocenters. The van der Waals surface area contributed by atoms with E-state index in [0.717, 1.165) is 31.2 Å². The zero-order valence-electron chi connectivity index (χ0n) is 30.4. The molecule has 3 fully saturated rings. The number of piperazine rings is 1. The molecule has 5 amide bonds. The highest BCUT2D eigenvalue weighted by Gasteiger charge is 2.36. The minimum Gasteiger partial charge on any atom is -0.467 e. The summed E-state index contributed by atoms with van der Waals surface area (Å²) in [5.41, 5.74) is 1.64. The first-order valence-electron chi connectivity index (χ1n) is 18.8. The van der Waals surface area contributed by atoms with E-state index >= 15 is 0 Å². The Morgan fingerprint density at radius 2 is 1.56 bits per heavy atom. The Morgan fingerprint density at radius 1 is 0.852 bits per heavy atom. The quantitative estimate of drug-likeness (QED) is 0.186. The topological polar surface area (TPSA) is 176 Å². The Balaban J connectivity index is 1.11. The summed E-state index contributed by atoms with van der Waals surface area (Å²) >= 11 is 0. The molecule has 54 heavy (non-hydrogen) atoms. The maximum absolute atomic E-state index is 13.8. The van der Waals surface area contributed by atoms with Crippen molar-refractivity contribution in [1.29, 1.82) is 0 Å². The Hall–Kier alpha value is -5.44. The number of likely N-dealkylation sites (tertiary alicyclic amines) is 1. The van der Waals surface area contributed by atoms with Crippen molar-refractivity contribution in [1.82, 2.24) is 35.1 Å². The number of ether oxygens (including phenoxy) is 2. The second kappa shape index (κ2) is 18.5. The van der Waals surface area contributed by atoms with Crippen LogP contribution < -0.4 is 15.4 Å². The smallest absolute Gasteiger partial charge is 0.407 e. The molecule has 0 spiro atoms. The molecular formula is C39H49N7O8. The molecule has 0 bridgehead atoms. The molecule has 1 aliphatic carbocycles. The first-order valence-corrected chi connectivity index (χ1v) is 18.8. The summed E-state index contributed by atoms with van der Waals surface area (Å²) in [5.74, 6) is -1.22. The van der Waals surface area contributed by atoms with Gasteiger partial charge in [-0.1, -0.05) is 48.5 Å². The van der Waals surface area contributed by atoms with E-state index in [9.17, 15) is 29.1 Å². The zero-order valence-corrected chi connectivity index (χ0v) is 30.4. The molecular weight excluding hydrogens is 694 g/mol. The minimum atomic E-state index is -1.04. The van der Waals surface area contributed by atoms with Crippen molar-refractivity contribution in [2.75, 3.05) is 45.9 Å². The number of nitrogens with one attached hydrogen (secondary N) is 2. The van der Waals surface area contributed by atoms with Crippen LogP contribution in [-0.4, -0.2) is 123 Å². The lowest BCUT2D eigenvalue weighted by Gasteiger charge is -2.35. The molecule has 15 nitrogen and oxygen atoms in total. The lowest BCUT2D eigenvalue weighted by Crippen LogP contribution is -2.55. The van der Waals surface area contributed by atoms with Gasteiger partial charge in [-0.3, -0.25) is 19.2 Å². The van der Waals surface area contributed by atoms with Crippen molar-refractivity contribution < 1.29 is 38.6 Å². The average Bonchev–Trinajstić information content (AvgIpc) is 3.85. The number of para-hydroxylation sites is 1. The van der Waals surface area contributed by atoms with Crippen molar-refractivity contribution in [3.8, 4) is 11.6 Å². The van der Waals surface area contributed by atoms with E-state index in [-0.39, 0.29) is 68.1 Å². The summed E-state index contributed by atoms with van der Waals surface area (Å²) in [6.07, 6.45) is 4.86. The van der Waals surface area contributed by atoms with E-state index in [1.165, 1.54) is 15.6 Å². The van der Waals surface area contributed by atoms with Gasteiger partial charge in [-0.05, 0) is 69.1 Å². The van der Waals surface area contributed by atoms with Gasteiger partial charge in [0.15, 0.2) is 12.3 Å². The highest BCUT2D eigenvalue weighted by atomic mass is 16.5. The SMILES string of the molecule is O=C(N[C@@H](CCCCOCc1ccccc1)C(=O)N1CCN(C(=O)O)CC1)c1cc(OCC(=O)N2CCC[C@H]2C(=O)NC2CCC2)n(-c2ccccc2)n1. The highest BCUT2D eigenvalue weighted by molar-refractivity contribution is 5.96. The summed E-state index contributed by atoms with van der Waals surface area (Å²) in [7, 11) is 0. The fourth-order valence-electron chi connectivity index (χ4n) is 6.88. The normalized spacial score (nSPS) is 17.8. The molecule has 3 heterocycles. The first kappa shape index (κ1) is 38.3. The zero-order chi connectivity index (χ0) is 37.9. The summed E-state index contributed by atoms with van der Waals surface area (Å²) in [4.78, 5) is 69.8. The van der Waals surface area contributed by atoms with Gasteiger partial charge >= 0.3 is 6.09 Å². The maximum Gasteiger partial charge on any atom is 0.407 e. The van der Waals surface area contributed by atoms with Crippen LogP contribution in [0.15, 0.2) is 66.7 Å². The summed E-state index contributed by atoms with van der Waals surface area (Å²) in [6.45, 7) is 1.84. The van der Waals surface area contributed by atoms with Crippen molar-refractivity contribution in [3.63, 3.8) is 0 Å². The number of carboxylic acid groups (broad SMARTS) is 1. The molecule has 2 aromatic carbocycles. The van der Waals surface area contributed by atoms with Gasteiger partial charge in [0.05, 0.1) is 12.3 Å². The number of hydrogen-bond acceptors (Lipinski definition) is 8. The molecule has 2 saturated heterocycles. The second-order valence-electron chi connectivity index (χ2n) is 13.9. The number of amides is 5. The van der Waals surface area contributed by atoms with E-state index in [1.54, 1.807) is 21.9 Å². The molecule has 1 saturated carbocycles. The van der Waals surface area contributed by atoms with Crippen molar-refractivity contribution in [2.24, 2.45) is 0 Å². The Kier molecular flexibility index (Phi) is 13.2. The van der Waals surface area contributed by atoms with Crippen LogP contribution in [-0.2, 0) is 25.7 Å². The van der Waals surface area contributed by atoms with Crippen molar-refractivity contribution in [3.05, 3.63) is 78.0 Å². The van der Waals surface area contributed by atoms with Gasteiger partial charge in [0, 0.05) is 51.4 Å².